The van der Waals surface area contributed by atoms with E-state index in [2.05, 4.69) is 80.0 Å². The van der Waals surface area contributed by atoms with E-state index in [0.29, 0.717) is 6.04 Å². The van der Waals surface area contributed by atoms with Gasteiger partial charge in [0.1, 0.15) is 0 Å². The molecule has 0 saturated heterocycles. The molecule has 0 aliphatic carbocycles. The highest BCUT2D eigenvalue weighted by molar-refractivity contribution is 14.1. The van der Waals surface area contributed by atoms with Gasteiger partial charge in [-0.2, -0.15) is 0 Å². The number of halogens is 2. The van der Waals surface area contributed by atoms with E-state index in [4.69, 9.17) is 0 Å². The van der Waals surface area contributed by atoms with E-state index >= 15 is 0 Å². The van der Waals surface area contributed by atoms with Crippen LogP contribution in [0.25, 0.3) is 0 Å². The van der Waals surface area contributed by atoms with E-state index in [9.17, 15) is 0 Å². The molecule has 1 unspecified atom stereocenters. The number of nitrogens with one attached hydrogen (secondary N) is 1. The smallest absolute Gasteiger partial charge is 0.0373 e. The van der Waals surface area contributed by atoms with Gasteiger partial charge in [-0.05, 0) is 77.4 Å². The first-order valence-electron chi connectivity index (χ1n) is 6.78. The Morgan fingerprint density at radius 1 is 1.35 bits per heavy atom. The molecular formula is C16H18BrIN2. The molecule has 0 amide bonds. The zero-order valence-electron chi connectivity index (χ0n) is 11.4. The summed E-state index contributed by atoms with van der Waals surface area (Å²) < 4.78 is 2.42. The molecule has 0 spiro atoms. The van der Waals surface area contributed by atoms with Gasteiger partial charge < -0.3 is 5.32 Å². The van der Waals surface area contributed by atoms with E-state index < -0.39 is 0 Å². The highest BCUT2D eigenvalue weighted by atomic mass is 127. The third kappa shape index (κ3) is 4.53. The topological polar surface area (TPSA) is 24.9 Å². The van der Waals surface area contributed by atoms with Crippen LogP contribution < -0.4 is 5.32 Å². The maximum Gasteiger partial charge on any atom is 0.0373 e. The zero-order chi connectivity index (χ0) is 14.4. The van der Waals surface area contributed by atoms with Crippen LogP contribution in [0.1, 0.15) is 30.5 Å². The SMILES string of the molecule is CCCNC(Cc1cccnc1)c1cc(I)ccc1Br. The van der Waals surface area contributed by atoms with Crippen molar-refractivity contribution in [3.8, 4) is 0 Å². The lowest BCUT2D eigenvalue weighted by Crippen LogP contribution is -2.24. The lowest BCUT2D eigenvalue weighted by Gasteiger charge is -2.20. The summed E-state index contributed by atoms with van der Waals surface area (Å²) in [5.41, 5.74) is 2.57. The van der Waals surface area contributed by atoms with Crippen molar-refractivity contribution in [2.75, 3.05) is 6.54 Å². The Balaban J connectivity index is 2.24. The van der Waals surface area contributed by atoms with Gasteiger partial charge in [0.15, 0.2) is 0 Å². The van der Waals surface area contributed by atoms with Crippen molar-refractivity contribution in [2.24, 2.45) is 0 Å². The second kappa shape index (κ2) is 8.10. The summed E-state index contributed by atoms with van der Waals surface area (Å²) in [7, 11) is 0. The molecule has 1 aromatic heterocycles. The molecule has 106 valence electrons. The summed E-state index contributed by atoms with van der Waals surface area (Å²) in [5, 5.41) is 3.64. The lowest BCUT2D eigenvalue weighted by atomic mass is 10.00. The van der Waals surface area contributed by atoms with Gasteiger partial charge in [-0.3, -0.25) is 4.98 Å². The Labute approximate surface area is 142 Å². The molecule has 1 atom stereocenters. The quantitative estimate of drug-likeness (QED) is 0.651. The number of pyridine rings is 1. The van der Waals surface area contributed by atoms with Crippen LogP contribution in [0, 0.1) is 3.57 Å². The van der Waals surface area contributed by atoms with Gasteiger partial charge in [0.05, 0.1) is 0 Å². The van der Waals surface area contributed by atoms with E-state index in [1.807, 2.05) is 18.5 Å². The number of nitrogens with zero attached hydrogens (tertiary/aromatic N) is 1. The zero-order valence-corrected chi connectivity index (χ0v) is 15.2. The van der Waals surface area contributed by atoms with Crippen molar-refractivity contribution in [3.05, 3.63) is 61.9 Å². The average Bonchev–Trinajstić information content (AvgIpc) is 2.47. The van der Waals surface area contributed by atoms with Crippen LogP contribution >= 0.6 is 38.5 Å². The van der Waals surface area contributed by atoms with Crippen LogP contribution in [0.4, 0.5) is 0 Å². The second-order valence-electron chi connectivity index (χ2n) is 4.74. The summed E-state index contributed by atoms with van der Waals surface area (Å²) in [6.07, 6.45) is 5.85. The van der Waals surface area contributed by atoms with Crippen molar-refractivity contribution in [1.29, 1.82) is 0 Å². The van der Waals surface area contributed by atoms with E-state index in [1.165, 1.54) is 14.7 Å². The fraction of sp³-hybridized carbons (Fsp3) is 0.312. The summed E-state index contributed by atoms with van der Waals surface area (Å²) in [6.45, 7) is 3.21. The van der Waals surface area contributed by atoms with E-state index in [1.54, 1.807) is 0 Å². The van der Waals surface area contributed by atoms with Crippen molar-refractivity contribution < 1.29 is 0 Å². The second-order valence-corrected chi connectivity index (χ2v) is 6.84. The fourth-order valence-electron chi connectivity index (χ4n) is 2.15. The predicted molar refractivity (Wildman–Crippen MR) is 95.8 cm³/mol. The molecular weight excluding hydrogens is 427 g/mol. The molecule has 2 nitrogen and oxygen atoms in total. The normalized spacial score (nSPS) is 12.3. The molecule has 2 rings (SSSR count). The van der Waals surface area contributed by atoms with Crippen molar-refractivity contribution in [3.63, 3.8) is 0 Å². The monoisotopic (exact) mass is 444 g/mol. The van der Waals surface area contributed by atoms with Gasteiger partial charge in [0.2, 0.25) is 0 Å². The summed E-state index contributed by atoms with van der Waals surface area (Å²) in [4.78, 5) is 4.21. The van der Waals surface area contributed by atoms with Gasteiger partial charge in [0.25, 0.3) is 0 Å². The Bertz CT molecular complexity index is 545. The Hall–Kier alpha value is -0.460. The van der Waals surface area contributed by atoms with Crippen LogP contribution in [0.3, 0.4) is 0 Å². The average molecular weight is 445 g/mol. The van der Waals surface area contributed by atoms with Crippen molar-refractivity contribution >= 4 is 38.5 Å². The van der Waals surface area contributed by atoms with Gasteiger partial charge >= 0.3 is 0 Å². The lowest BCUT2D eigenvalue weighted by molar-refractivity contribution is 0.527. The molecule has 1 N–H and O–H groups in total. The molecule has 2 aromatic rings. The highest BCUT2D eigenvalue weighted by Crippen LogP contribution is 2.27. The first-order valence-corrected chi connectivity index (χ1v) is 8.65. The van der Waals surface area contributed by atoms with E-state index in [-0.39, 0.29) is 0 Å². The fourth-order valence-corrected chi connectivity index (χ4v) is 3.19. The summed E-state index contributed by atoms with van der Waals surface area (Å²) >= 11 is 6.04. The molecule has 20 heavy (non-hydrogen) atoms. The number of benzene rings is 1. The minimum atomic E-state index is 0.309. The largest absolute Gasteiger partial charge is 0.310 e. The van der Waals surface area contributed by atoms with Crippen LogP contribution in [-0.2, 0) is 6.42 Å². The Morgan fingerprint density at radius 2 is 2.20 bits per heavy atom. The Morgan fingerprint density at radius 3 is 2.90 bits per heavy atom. The minimum Gasteiger partial charge on any atom is -0.310 e. The number of hydrogen-bond acceptors (Lipinski definition) is 2. The molecule has 0 fully saturated rings. The number of aromatic nitrogens is 1. The maximum atomic E-state index is 4.21. The van der Waals surface area contributed by atoms with Gasteiger partial charge in [-0.15, -0.1) is 0 Å². The Kier molecular flexibility index (Phi) is 6.45. The third-order valence-corrected chi connectivity index (χ3v) is 4.53. The third-order valence-electron chi connectivity index (χ3n) is 3.14. The molecule has 0 saturated carbocycles. The van der Waals surface area contributed by atoms with Crippen LogP contribution in [0.5, 0.6) is 0 Å². The van der Waals surface area contributed by atoms with Crippen LogP contribution in [-0.4, -0.2) is 11.5 Å². The molecule has 0 radical (unpaired) electrons. The van der Waals surface area contributed by atoms with Gasteiger partial charge in [-0.1, -0.05) is 28.9 Å². The molecule has 1 heterocycles. The van der Waals surface area contributed by atoms with Crippen molar-refractivity contribution in [1.82, 2.24) is 10.3 Å². The predicted octanol–water partition coefficient (Wildman–Crippen LogP) is 4.73. The summed E-state index contributed by atoms with van der Waals surface area (Å²) in [6, 6.07) is 10.9. The highest BCUT2D eigenvalue weighted by Gasteiger charge is 2.15. The number of rotatable bonds is 6. The first-order chi connectivity index (χ1) is 9.70. The summed E-state index contributed by atoms with van der Waals surface area (Å²) in [5.74, 6) is 0. The minimum absolute atomic E-state index is 0.309. The number of hydrogen-bond donors (Lipinski definition) is 1. The van der Waals surface area contributed by atoms with Gasteiger partial charge in [-0.25, -0.2) is 0 Å². The van der Waals surface area contributed by atoms with Crippen LogP contribution in [0.15, 0.2) is 47.2 Å². The van der Waals surface area contributed by atoms with Crippen molar-refractivity contribution in [2.45, 2.75) is 25.8 Å². The first kappa shape index (κ1) is 15.9. The molecule has 0 aliphatic heterocycles. The van der Waals surface area contributed by atoms with Gasteiger partial charge in [0, 0.05) is 26.5 Å². The standard InChI is InChI=1S/C16H18BrIN2/c1-2-7-20-16(9-12-4-3-8-19-11-12)14-10-13(18)5-6-15(14)17/h3-6,8,10-11,16,20H,2,7,9H2,1H3. The molecule has 1 aromatic carbocycles. The maximum absolute atomic E-state index is 4.21. The van der Waals surface area contributed by atoms with Crippen LogP contribution in [0.2, 0.25) is 0 Å². The molecule has 0 aliphatic rings. The van der Waals surface area contributed by atoms with E-state index in [0.717, 1.165) is 23.9 Å². The molecule has 4 heteroatoms. The molecule has 0 bridgehead atoms.